The number of Topliss-reactive ketones (excluding diaryl/α,β-unsaturated/α-hetero) is 1. The largest absolute Gasteiger partial charge is 0.385 e. The van der Waals surface area contributed by atoms with Crippen molar-refractivity contribution in [1.29, 1.82) is 0 Å². The predicted molar refractivity (Wildman–Crippen MR) is 43.2 cm³/mol. The van der Waals surface area contributed by atoms with Gasteiger partial charge in [-0.1, -0.05) is 20.3 Å². The minimum atomic E-state index is -0.722. The molecule has 0 aromatic carbocycles. The molecule has 11 heavy (non-hydrogen) atoms. The summed E-state index contributed by atoms with van der Waals surface area (Å²) in [4.78, 5) is 11.3. The molecule has 0 amide bonds. The van der Waals surface area contributed by atoms with E-state index in [1.807, 2.05) is 13.8 Å². The standard InChI is InChI=1S/C9H16O2/c1-6(2)8(10)9(11)7-4-3-5-7/h6-8,10H,3-5H2,1-2H3. The number of carbonyl (C=O) groups is 1. The molecule has 1 fully saturated rings. The first-order valence-electron chi connectivity index (χ1n) is 4.34. The van der Waals surface area contributed by atoms with Crippen molar-refractivity contribution in [2.45, 2.75) is 39.2 Å². The minimum absolute atomic E-state index is 0.0613. The number of ketones is 1. The van der Waals surface area contributed by atoms with E-state index in [0.29, 0.717) is 0 Å². The average molecular weight is 156 g/mol. The second-order valence-corrected chi connectivity index (χ2v) is 3.72. The van der Waals surface area contributed by atoms with E-state index in [9.17, 15) is 9.90 Å². The smallest absolute Gasteiger partial charge is 0.164 e. The number of hydrogen-bond acceptors (Lipinski definition) is 2. The number of aliphatic hydroxyl groups is 1. The van der Waals surface area contributed by atoms with Crippen LogP contribution in [0.3, 0.4) is 0 Å². The summed E-state index contributed by atoms with van der Waals surface area (Å²) >= 11 is 0. The maximum atomic E-state index is 11.3. The lowest BCUT2D eigenvalue weighted by atomic mass is 9.79. The van der Waals surface area contributed by atoms with Crippen LogP contribution in [0.25, 0.3) is 0 Å². The molecule has 0 saturated heterocycles. The third-order valence-corrected chi connectivity index (χ3v) is 2.43. The number of carbonyl (C=O) groups excluding carboxylic acids is 1. The maximum Gasteiger partial charge on any atom is 0.164 e. The van der Waals surface area contributed by atoms with Crippen LogP contribution in [0.4, 0.5) is 0 Å². The Kier molecular flexibility index (Phi) is 2.66. The van der Waals surface area contributed by atoms with Crippen LogP contribution in [-0.2, 0) is 4.79 Å². The summed E-state index contributed by atoms with van der Waals surface area (Å²) < 4.78 is 0. The van der Waals surface area contributed by atoms with Gasteiger partial charge in [0, 0.05) is 5.92 Å². The van der Waals surface area contributed by atoms with Crippen molar-refractivity contribution in [1.82, 2.24) is 0 Å². The van der Waals surface area contributed by atoms with E-state index in [-0.39, 0.29) is 17.6 Å². The molecule has 0 aromatic rings. The van der Waals surface area contributed by atoms with Crippen LogP contribution in [0.2, 0.25) is 0 Å². The first-order chi connectivity index (χ1) is 5.13. The third kappa shape index (κ3) is 1.80. The fourth-order valence-corrected chi connectivity index (χ4v) is 1.26. The lowest BCUT2D eigenvalue weighted by Gasteiger charge is -2.27. The van der Waals surface area contributed by atoms with Crippen LogP contribution >= 0.6 is 0 Å². The van der Waals surface area contributed by atoms with E-state index < -0.39 is 6.10 Å². The van der Waals surface area contributed by atoms with E-state index in [1.54, 1.807) is 0 Å². The molecule has 2 heteroatoms. The van der Waals surface area contributed by atoms with Crippen molar-refractivity contribution in [3.05, 3.63) is 0 Å². The van der Waals surface area contributed by atoms with Gasteiger partial charge in [0.15, 0.2) is 5.78 Å². The Balaban J connectivity index is 2.39. The fourth-order valence-electron chi connectivity index (χ4n) is 1.26. The average Bonchev–Trinajstić information content (AvgIpc) is 1.82. The van der Waals surface area contributed by atoms with Crippen molar-refractivity contribution in [2.75, 3.05) is 0 Å². The summed E-state index contributed by atoms with van der Waals surface area (Å²) in [6.07, 6.45) is 2.41. The zero-order chi connectivity index (χ0) is 8.43. The van der Waals surface area contributed by atoms with E-state index in [2.05, 4.69) is 0 Å². The minimum Gasteiger partial charge on any atom is -0.385 e. The van der Waals surface area contributed by atoms with E-state index in [0.717, 1.165) is 19.3 Å². The molecule has 2 nitrogen and oxygen atoms in total. The molecule has 64 valence electrons. The van der Waals surface area contributed by atoms with Gasteiger partial charge in [-0.25, -0.2) is 0 Å². The quantitative estimate of drug-likeness (QED) is 0.670. The first-order valence-corrected chi connectivity index (χ1v) is 4.34. The van der Waals surface area contributed by atoms with Crippen LogP contribution in [-0.4, -0.2) is 17.0 Å². The first kappa shape index (κ1) is 8.72. The van der Waals surface area contributed by atoms with Gasteiger partial charge in [-0.15, -0.1) is 0 Å². The van der Waals surface area contributed by atoms with Crippen LogP contribution in [0.15, 0.2) is 0 Å². The van der Waals surface area contributed by atoms with Crippen molar-refractivity contribution in [3.63, 3.8) is 0 Å². The summed E-state index contributed by atoms with van der Waals surface area (Å²) in [5, 5.41) is 9.38. The van der Waals surface area contributed by atoms with E-state index >= 15 is 0 Å². The highest BCUT2D eigenvalue weighted by Gasteiger charge is 2.31. The van der Waals surface area contributed by atoms with Gasteiger partial charge >= 0.3 is 0 Å². The molecule has 0 aliphatic heterocycles. The summed E-state index contributed by atoms with van der Waals surface area (Å²) in [5.41, 5.74) is 0. The molecule has 0 radical (unpaired) electrons. The van der Waals surface area contributed by atoms with E-state index in [4.69, 9.17) is 0 Å². The SMILES string of the molecule is CC(C)C(O)C(=O)C1CCC1. The van der Waals surface area contributed by atoms with Gasteiger partial charge in [0.05, 0.1) is 0 Å². The Morgan fingerprint density at radius 2 is 2.00 bits per heavy atom. The lowest BCUT2D eigenvalue weighted by molar-refractivity contribution is -0.135. The Hall–Kier alpha value is -0.370. The Morgan fingerprint density at radius 1 is 1.45 bits per heavy atom. The van der Waals surface area contributed by atoms with Gasteiger partial charge in [0.1, 0.15) is 6.10 Å². The molecule has 0 heterocycles. The topological polar surface area (TPSA) is 37.3 Å². The molecule has 1 saturated carbocycles. The van der Waals surface area contributed by atoms with Crippen LogP contribution in [0.1, 0.15) is 33.1 Å². The zero-order valence-electron chi connectivity index (χ0n) is 7.21. The van der Waals surface area contributed by atoms with Crippen molar-refractivity contribution in [3.8, 4) is 0 Å². The monoisotopic (exact) mass is 156 g/mol. The van der Waals surface area contributed by atoms with Gasteiger partial charge in [-0.2, -0.15) is 0 Å². The normalized spacial score (nSPS) is 21.5. The summed E-state index contributed by atoms with van der Waals surface area (Å²) in [6.45, 7) is 3.75. The van der Waals surface area contributed by atoms with Crippen LogP contribution in [0, 0.1) is 11.8 Å². The highest BCUT2D eigenvalue weighted by Crippen LogP contribution is 2.29. The zero-order valence-corrected chi connectivity index (χ0v) is 7.21. The summed E-state index contributed by atoms with van der Waals surface area (Å²) in [6, 6.07) is 0. The van der Waals surface area contributed by atoms with Gasteiger partial charge in [0.2, 0.25) is 0 Å². The molecule has 1 aliphatic rings. The molecule has 1 rings (SSSR count). The van der Waals surface area contributed by atoms with Gasteiger partial charge in [-0.05, 0) is 18.8 Å². The molecule has 0 spiro atoms. The molecular weight excluding hydrogens is 140 g/mol. The second-order valence-electron chi connectivity index (χ2n) is 3.72. The maximum absolute atomic E-state index is 11.3. The van der Waals surface area contributed by atoms with Gasteiger partial charge in [-0.3, -0.25) is 4.79 Å². The van der Waals surface area contributed by atoms with Gasteiger partial charge < -0.3 is 5.11 Å². The van der Waals surface area contributed by atoms with Crippen molar-refractivity contribution in [2.24, 2.45) is 11.8 Å². The lowest BCUT2D eigenvalue weighted by Crippen LogP contribution is -2.35. The second kappa shape index (κ2) is 3.35. The number of aliphatic hydroxyl groups excluding tert-OH is 1. The highest BCUT2D eigenvalue weighted by atomic mass is 16.3. The predicted octanol–water partition coefficient (Wildman–Crippen LogP) is 1.37. The molecule has 1 unspecified atom stereocenters. The highest BCUT2D eigenvalue weighted by molar-refractivity contribution is 5.86. The Morgan fingerprint density at radius 3 is 2.27 bits per heavy atom. The Labute approximate surface area is 67.6 Å². The van der Waals surface area contributed by atoms with Crippen LogP contribution in [0.5, 0.6) is 0 Å². The number of hydrogen-bond donors (Lipinski definition) is 1. The van der Waals surface area contributed by atoms with Gasteiger partial charge in [0.25, 0.3) is 0 Å². The molecule has 0 aromatic heterocycles. The summed E-state index contributed by atoms with van der Waals surface area (Å²) in [5.74, 6) is 0.307. The molecule has 1 atom stereocenters. The fraction of sp³-hybridized carbons (Fsp3) is 0.889. The molecule has 1 aliphatic carbocycles. The molecule has 0 bridgehead atoms. The number of rotatable bonds is 3. The Bertz CT molecular complexity index is 148. The van der Waals surface area contributed by atoms with Crippen LogP contribution < -0.4 is 0 Å². The van der Waals surface area contributed by atoms with Crippen molar-refractivity contribution >= 4 is 5.78 Å². The molecular formula is C9H16O2. The van der Waals surface area contributed by atoms with E-state index in [1.165, 1.54) is 0 Å². The van der Waals surface area contributed by atoms with Crippen molar-refractivity contribution < 1.29 is 9.90 Å². The summed E-state index contributed by atoms with van der Waals surface area (Å²) in [7, 11) is 0. The third-order valence-electron chi connectivity index (χ3n) is 2.43. The molecule has 1 N–H and O–H groups in total.